The van der Waals surface area contributed by atoms with Gasteiger partial charge in [0.2, 0.25) is 0 Å². The maximum absolute atomic E-state index is 15.0. The SMILES string of the molecule is N#Cc1cc(-n2c3ccccc3c3ccc4c5ccccc5sc4c32)c(-n2c3ccccc3c3ccc4c5ccccc5sc4c32)cc1-c1cc(F)cc(F)c1. The van der Waals surface area contributed by atoms with Crippen molar-refractivity contribution in [2.45, 2.75) is 0 Å². The lowest BCUT2D eigenvalue weighted by Gasteiger charge is -2.20. The van der Waals surface area contributed by atoms with Crippen LogP contribution in [0.3, 0.4) is 0 Å². The Morgan fingerprint density at radius 2 is 0.893 bits per heavy atom. The van der Waals surface area contributed by atoms with Crippen LogP contribution in [0.1, 0.15) is 5.56 Å². The smallest absolute Gasteiger partial charge is 0.126 e. The number of halogens is 2. The second-order valence-electron chi connectivity index (χ2n) is 14.2. The lowest BCUT2D eigenvalue weighted by atomic mass is 9.97. The molecule has 0 fully saturated rings. The first-order valence-electron chi connectivity index (χ1n) is 18.3. The van der Waals surface area contributed by atoms with Crippen molar-refractivity contribution < 1.29 is 8.78 Å². The van der Waals surface area contributed by atoms with E-state index in [1.54, 1.807) is 22.7 Å². The molecule has 12 rings (SSSR count). The van der Waals surface area contributed by atoms with Crippen LogP contribution >= 0.6 is 22.7 Å². The third kappa shape index (κ3) is 4.28. The molecule has 0 saturated carbocycles. The van der Waals surface area contributed by atoms with Crippen LogP contribution in [-0.4, -0.2) is 9.13 Å². The van der Waals surface area contributed by atoms with Gasteiger partial charge in [-0.1, -0.05) is 97.1 Å². The maximum atomic E-state index is 15.0. The van der Waals surface area contributed by atoms with Crippen LogP contribution in [0, 0.1) is 23.0 Å². The Bertz CT molecular complexity index is 3690. The minimum absolute atomic E-state index is 0.300. The van der Waals surface area contributed by atoms with Crippen LogP contribution in [0.4, 0.5) is 8.78 Å². The van der Waals surface area contributed by atoms with Crippen LogP contribution in [0.25, 0.3) is 106 Å². The number of fused-ring (bicyclic) bond motifs is 14. The third-order valence-corrected chi connectivity index (χ3v) is 13.6. The number of rotatable bonds is 3. The van der Waals surface area contributed by atoms with Crippen molar-refractivity contribution in [3.8, 4) is 28.6 Å². The van der Waals surface area contributed by atoms with Gasteiger partial charge in [0.05, 0.1) is 54.5 Å². The summed E-state index contributed by atoms with van der Waals surface area (Å²) in [6.07, 6.45) is 0. The molecular weight excluding hydrogens is 733 g/mol. The number of para-hydroxylation sites is 2. The highest BCUT2D eigenvalue weighted by Gasteiger charge is 2.25. The first kappa shape index (κ1) is 31.5. The molecule has 262 valence electrons. The zero-order valence-electron chi connectivity index (χ0n) is 29.3. The normalized spacial score (nSPS) is 12.1. The van der Waals surface area contributed by atoms with E-state index in [1.807, 2.05) is 18.2 Å². The number of hydrogen-bond acceptors (Lipinski definition) is 3. The summed E-state index contributed by atoms with van der Waals surface area (Å²) in [7, 11) is 0. The van der Waals surface area contributed by atoms with Gasteiger partial charge in [0.1, 0.15) is 11.6 Å². The van der Waals surface area contributed by atoms with Gasteiger partial charge in [-0.25, -0.2) is 8.78 Å². The Morgan fingerprint density at radius 1 is 0.446 bits per heavy atom. The van der Waals surface area contributed by atoms with Gasteiger partial charge in [-0.05, 0) is 54.1 Å². The number of thiophene rings is 2. The van der Waals surface area contributed by atoms with Gasteiger partial charge in [-0.2, -0.15) is 5.26 Å². The summed E-state index contributed by atoms with van der Waals surface area (Å²) in [6, 6.07) is 52.4. The highest BCUT2D eigenvalue weighted by Crippen LogP contribution is 2.47. The van der Waals surface area contributed by atoms with E-state index in [0.29, 0.717) is 16.7 Å². The van der Waals surface area contributed by atoms with Crippen molar-refractivity contribution in [2.75, 3.05) is 0 Å². The summed E-state index contributed by atoms with van der Waals surface area (Å²) in [5.41, 5.74) is 6.72. The van der Waals surface area contributed by atoms with E-state index in [1.165, 1.54) is 37.7 Å². The molecule has 0 aliphatic rings. The molecule has 0 spiro atoms. The standard InChI is InChI=1S/C49H25F2N3S2/c50-29-21-27(22-30(51)24-29)39-25-43(54-41-14-6-2-10-32(41)36-18-20-38-34-12-4-8-16-45(34)56-49(38)47(36)54)42(23-28(39)26-52)53-40-13-5-1-9-31(40)35-17-19-37-33-11-3-7-15-44(33)55-48(37)46(35)53/h1-25H. The molecule has 0 atom stereocenters. The molecule has 56 heavy (non-hydrogen) atoms. The molecular formula is C49H25F2N3S2. The average molecular weight is 758 g/mol. The molecule has 8 aromatic carbocycles. The van der Waals surface area contributed by atoms with Crippen LogP contribution in [0.2, 0.25) is 0 Å². The van der Waals surface area contributed by atoms with E-state index >= 15 is 0 Å². The van der Waals surface area contributed by atoms with Gasteiger partial charge in [-0.3, -0.25) is 0 Å². The Kier molecular flexibility index (Phi) is 6.51. The van der Waals surface area contributed by atoms with Crippen molar-refractivity contribution in [3.05, 3.63) is 169 Å². The van der Waals surface area contributed by atoms with Crippen LogP contribution < -0.4 is 0 Å². The molecule has 0 aliphatic heterocycles. The molecule has 7 heteroatoms. The predicted molar refractivity (Wildman–Crippen MR) is 231 cm³/mol. The van der Waals surface area contributed by atoms with E-state index in [-0.39, 0.29) is 0 Å². The first-order chi connectivity index (χ1) is 27.6. The Balaban J connectivity index is 1.32. The number of nitrogens with zero attached hydrogens (tertiary/aromatic N) is 3. The molecule has 4 aromatic heterocycles. The zero-order chi connectivity index (χ0) is 37.2. The van der Waals surface area contributed by atoms with E-state index in [0.717, 1.165) is 75.8 Å². The highest BCUT2D eigenvalue weighted by atomic mass is 32.1. The van der Waals surface area contributed by atoms with Crippen molar-refractivity contribution in [3.63, 3.8) is 0 Å². The molecule has 0 N–H and O–H groups in total. The maximum Gasteiger partial charge on any atom is 0.126 e. The van der Waals surface area contributed by atoms with Gasteiger partial charge in [0.25, 0.3) is 0 Å². The monoisotopic (exact) mass is 757 g/mol. The Hall–Kier alpha value is -6.85. The Morgan fingerprint density at radius 3 is 1.41 bits per heavy atom. The molecule has 0 saturated heterocycles. The van der Waals surface area contributed by atoms with E-state index in [4.69, 9.17) is 0 Å². The van der Waals surface area contributed by atoms with Crippen LogP contribution in [0.15, 0.2) is 152 Å². The summed E-state index contributed by atoms with van der Waals surface area (Å²) in [6.45, 7) is 0. The van der Waals surface area contributed by atoms with E-state index < -0.39 is 11.6 Å². The summed E-state index contributed by atoms with van der Waals surface area (Å²) < 4.78 is 39.2. The van der Waals surface area contributed by atoms with Gasteiger partial charge >= 0.3 is 0 Å². The summed E-state index contributed by atoms with van der Waals surface area (Å²) >= 11 is 3.53. The van der Waals surface area contributed by atoms with Gasteiger partial charge in [-0.15, -0.1) is 22.7 Å². The predicted octanol–water partition coefficient (Wildman–Crippen LogP) is 14.4. The minimum Gasteiger partial charge on any atom is -0.306 e. The van der Waals surface area contributed by atoms with Gasteiger partial charge < -0.3 is 9.13 Å². The second-order valence-corrected chi connectivity index (χ2v) is 16.3. The molecule has 4 heterocycles. The third-order valence-electron chi connectivity index (χ3n) is 11.2. The molecule has 12 aromatic rings. The lowest BCUT2D eigenvalue weighted by Crippen LogP contribution is -2.06. The fourth-order valence-electron chi connectivity index (χ4n) is 8.94. The Labute approximate surface area is 325 Å². The molecule has 0 amide bonds. The van der Waals surface area contributed by atoms with Gasteiger partial charge in [0.15, 0.2) is 0 Å². The fraction of sp³-hybridized carbons (Fsp3) is 0. The molecule has 0 aliphatic carbocycles. The topological polar surface area (TPSA) is 33.6 Å². The van der Waals surface area contributed by atoms with E-state index in [2.05, 4.69) is 130 Å². The van der Waals surface area contributed by atoms with Crippen molar-refractivity contribution in [1.82, 2.24) is 9.13 Å². The fourth-order valence-corrected chi connectivity index (χ4v) is 11.4. The average Bonchev–Trinajstić information content (AvgIpc) is 3.98. The second kappa shape index (κ2) is 11.6. The van der Waals surface area contributed by atoms with Crippen molar-refractivity contribution in [2.24, 2.45) is 0 Å². The van der Waals surface area contributed by atoms with Crippen LogP contribution in [-0.2, 0) is 0 Å². The first-order valence-corrected chi connectivity index (χ1v) is 19.9. The molecule has 3 nitrogen and oxygen atoms in total. The lowest BCUT2D eigenvalue weighted by molar-refractivity contribution is 0.584. The largest absolute Gasteiger partial charge is 0.306 e. The molecule has 0 unspecified atom stereocenters. The number of hydrogen-bond donors (Lipinski definition) is 0. The molecule has 0 radical (unpaired) electrons. The highest BCUT2D eigenvalue weighted by molar-refractivity contribution is 7.27. The minimum atomic E-state index is -0.701. The van der Waals surface area contributed by atoms with Crippen molar-refractivity contribution >= 4 is 107 Å². The quantitative estimate of drug-likeness (QED) is 0.177. The van der Waals surface area contributed by atoms with Crippen molar-refractivity contribution in [1.29, 1.82) is 5.26 Å². The summed E-state index contributed by atoms with van der Waals surface area (Å²) in [5.74, 6) is -1.40. The van der Waals surface area contributed by atoms with Gasteiger partial charge in [0, 0.05) is 64.1 Å². The summed E-state index contributed by atoms with van der Waals surface area (Å²) in [5, 5.41) is 20.0. The number of aromatic nitrogens is 2. The molecule has 0 bridgehead atoms. The zero-order valence-corrected chi connectivity index (χ0v) is 31.0. The van der Waals surface area contributed by atoms with E-state index in [9.17, 15) is 14.0 Å². The number of benzene rings is 8. The summed E-state index contributed by atoms with van der Waals surface area (Å²) in [4.78, 5) is 0. The number of nitriles is 1. The van der Waals surface area contributed by atoms with Crippen LogP contribution in [0.5, 0.6) is 0 Å².